The van der Waals surface area contributed by atoms with Gasteiger partial charge in [-0.1, -0.05) is 12.1 Å². The zero-order valence-corrected chi connectivity index (χ0v) is 10.9. The Labute approximate surface area is 108 Å². The Hall–Kier alpha value is -1.87. The standard InChI is InChI=1S/C15H19N3/c1-3-18(14-6-4-5-12(2)9-14)15-7-8-17-11-13(15)10-16/h4-9,11H,3,10,16H2,1-2H3. The molecule has 0 amide bonds. The van der Waals surface area contributed by atoms with Crippen LogP contribution in [-0.2, 0) is 6.54 Å². The largest absolute Gasteiger partial charge is 0.341 e. The number of pyridine rings is 1. The maximum absolute atomic E-state index is 5.78. The molecule has 0 aliphatic rings. The highest BCUT2D eigenvalue weighted by Crippen LogP contribution is 2.28. The first-order valence-corrected chi connectivity index (χ1v) is 6.23. The van der Waals surface area contributed by atoms with E-state index in [1.54, 1.807) is 0 Å². The van der Waals surface area contributed by atoms with Crippen LogP contribution in [0.2, 0.25) is 0 Å². The van der Waals surface area contributed by atoms with Gasteiger partial charge >= 0.3 is 0 Å². The Morgan fingerprint density at radius 2 is 2.11 bits per heavy atom. The van der Waals surface area contributed by atoms with E-state index in [0.29, 0.717) is 6.54 Å². The van der Waals surface area contributed by atoms with Gasteiger partial charge < -0.3 is 10.6 Å². The number of rotatable bonds is 4. The topological polar surface area (TPSA) is 42.2 Å². The molecule has 0 saturated heterocycles. The van der Waals surface area contributed by atoms with E-state index < -0.39 is 0 Å². The third kappa shape index (κ3) is 2.51. The molecule has 0 saturated carbocycles. The number of anilines is 2. The lowest BCUT2D eigenvalue weighted by atomic mass is 10.1. The minimum Gasteiger partial charge on any atom is -0.341 e. The summed E-state index contributed by atoms with van der Waals surface area (Å²) >= 11 is 0. The van der Waals surface area contributed by atoms with Crippen molar-refractivity contribution in [2.24, 2.45) is 5.73 Å². The number of aryl methyl sites for hydroxylation is 1. The van der Waals surface area contributed by atoms with E-state index in [9.17, 15) is 0 Å². The van der Waals surface area contributed by atoms with Gasteiger partial charge in [0.2, 0.25) is 0 Å². The molecule has 0 radical (unpaired) electrons. The lowest BCUT2D eigenvalue weighted by Gasteiger charge is -2.25. The molecule has 3 nitrogen and oxygen atoms in total. The summed E-state index contributed by atoms with van der Waals surface area (Å²) in [7, 11) is 0. The maximum Gasteiger partial charge on any atom is 0.0487 e. The molecule has 94 valence electrons. The highest BCUT2D eigenvalue weighted by Gasteiger charge is 2.10. The van der Waals surface area contributed by atoms with Gasteiger partial charge in [-0.2, -0.15) is 0 Å². The molecular weight excluding hydrogens is 222 g/mol. The Kier molecular flexibility index (Phi) is 3.95. The molecular formula is C15H19N3. The van der Waals surface area contributed by atoms with Crippen molar-refractivity contribution >= 4 is 11.4 Å². The highest BCUT2D eigenvalue weighted by atomic mass is 15.1. The fourth-order valence-electron chi connectivity index (χ4n) is 2.13. The highest BCUT2D eigenvalue weighted by molar-refractivity contribution is 5.66. The predicted octanol–water partition coefficient (Wildman–Crippen LogP) is 3.01. The van der Waals surface area contributed by atoms with Crippen molar-refractivity contribution in [3.8, 4) is 0 Å². The zero-order valence-electron chi connectivity index (χ0n) is 10.9. The molecule has 0 bridgehead atoms. The van der Waals surface area contributed by atoms with Gasteiger partial charge in [0, 0.05) is 42.4 Å². The van der Waals surface area contributed by atoms with Crippen molar-refractivity contribution in [2.75, 3.05) is 11.4 Å². The number of aromatic nitrogens is 1. The fraction of sp³-hybridized carbons (Fsp3) is 0.267. The first-order chi connectivity index (χ1) is 8.76. The second-order valence-electron chi connectivity index (χ2n) is 4.29. The van der Waals surface area contributed by atoms with Gasteiger partial charge in [0.05, 0.1) is 0 Å². The van der Waals surface area contributed by atoms with Crippen molar-refractivity contribution < 1.29 is 0 Å². The van der Waals surface area contributed by atoms with E-state index in [-0.39, 0.29) is 0 Å². The van der Waals surface area contributed by atoms with Crippen LogP contribution in [0.1, 0.15) is 18.1 Å². The molecule has 2 aromatic rings. The number of nitrogens with two attached hydrogens (primary N) is 1. The summed E-state index contributed by atoms with van der Waals surface area (Å²) in [6, 6.07) is 10.5. The van der Waals surface area contributed by atoms with Crippen LogP contribution in [0.25, 0.3) is 0 Å². The Bertz CT molecular complexity index is 523. The van der Waals surface area contributed by atoms with E-state index in [1.165, 1.54) is 11.3 Å². The van der Waals surface area contributed by atoms with Crippen LogP contribution < -0.4 is 10.6 Å². The molecule has 0 atom stereocenters. The van der Waals surface area contributed by atoms with Crippen LogP contribution in [0.3, 0.4) is 0 Å². The normalized spacial score (nSPS) is 10.4. The van der Waals surface area contributed by atoms with E-state index in [0.717, 1.165) is 17.8 Å². The molecule has 0 aliphatic carbocycles. The molecule has 1 heterocycles. The smallest absolute Gasteiger partial charge is 0.0487 e. The summed E-state index contributed by atoms with van der Waals surface area (Å²) in [6.07, 6.45) is 3.65. The minimum atomic E-state index is 0.505. The van der Waals surface area contributed by atoms with Crippen molar-refractivity contribution in [2.45, 2.75) is 20.4 Å². The summed E-state index contributed by atoms with van der Waals surface area (Å²) in [5.74, 6) is 0. The number of benzene rings is 1. The Morgan fingerprint density at radius 3 is 2.78 bits per heavy atom. The summed E-state index contributed by atoms with van der Waals surface area (Å²) in [6.45, 7) is 5.66. The lowest BCUT2D eigenvalue weighted by molar-refractivity contribution is 0.971. The van der Waals surface area contributed by atoms with Crippen LogP contribution in [0.4, 0.5) is 11.4 Å². The molecule has 2 rings (SSSR count). The molecule has 3 heteroatoms. The quantitative estimate of drug-likeness (QED) is 0.894. The number of nitrogens with zero attached hydrogens (tertiary/aromatic N) is 2. The Balaban J connectivity index is 2.45. The molecule has 0 fully saturated rings. The summed E-state index contributed by atoms with van der Waals surface area (Å²) < 4.78 is 0. The van der Waals surface area contributed by atoms with Gasteiger partial charge in [-0.25, -0.2) is 0 Å². The fourth-order valence-corrected chi connectivity index (χ4v) is 2.13. The molecule has 18 heavy (non-hydrogen) atoms. The molecule has 0 spiro atoms. The van der Waals surface area contributed by atoms with Crippen LogP contribution in [0.15, 0.2) is 42.7 Å². The summed E-state index contributed by atoms with van der Waals surface area (Å²) in [5, 5.41) is 0. The molecule has 1 aromatic carbocycles. The number of hydrogen-bond donors (Lipinski definition) is 1. The van der Waals surface area contributed by atoms with E-state index >= 15 is 0 Å². The van der Waals surface area contributed by atoms with Gasteiger partial charge in [0.25, 0.3) is 0 Å². The van der Waals surface area contributed by atoms with Gasteiger partial charge in [-0.3, -0.25) is 4.98 Å². The van der Waals surface area contributed by atoms with Crippen LogP contribution in [0.5, 0.6) is 0 Å². The zero-order chi connectivity index (χ0) is 13.0. The minimum absolute atomic E-state index is 0.505. The average Bonchev–Trinajstić information content (AvgIpc) is 2.40. The van der Waals surface area contributed by atoms with Crippen molar-refractivity contribution in [1.82, 2.24) is 4.98 Å². The van der Waals surface area contributed by atoms with E-state index in [4.69, 9.17) is 5.73 Å². The van der Waals surface area contributed by atoms with Gasteiger partial charge in [0.15, 0.2) is 0 Å². The second kappa shape index (κ2) is 5.65. The molecule has 0 aliphatic heterocycles. The van der Waals surface area contributed by atoms with Crippen molar-refractivity contribution in [3.05, 3.63) is 53.9 Å². The molecule has 0 unspecified atom stereocenters. The summed E-state index contributed by atoms with van der Waals surface area (Å²) in [5.41, 5.74) is 10.4. The van der Waals surface area contributed by atoms with Gasteiger partial charge in [-0.05, 0) is 37.6 Å². The Morgan fingerprint density at radius 1 is 1.28 bits per heavy atom. The van der Waals surface area contributed by atoms with E-state index in [1.807, 2.05) is 18.5 Å². The first kappa shape index (κ1) is 12.6. The van der Waals surface area contributed by atoms with E-state index in [2.05, 4.69) is 48.0 Å². The second-order valence-corrected chi connectivity index (χ2v) is 4.29. The third-order valence-corrected chi connectivity index (χ3v) is 3.02. The van der Waals surface area contributed by atoms with Gasteiger partial charge in [-0.15, -0.1) is 0 Å². The van der Waals surface area contributed by atoms with Crippen LogP contribution in [-0.4, -0.2) is 11.5 Å². The first-order valence-electron chi connectivity index (χ1n) is 6.23. The van der Waals surface area contributed by atoms with Crippen molar-refractivity contribution in [3.63, 3.8) is 0 Å². The monoisotopic (exact) mass is 241 g/mol. The predicted molar refractivity (Wildman–Crippen MR) is 76.0 cm³/mol. The summed E-state index contributed by atoms with van der Waals surface area (Å²) in [4.78, 5) is 6.40. The SMILES string of the molecule is CCN(c1cccc(C)c1)c1ccncc1CN. The average molecular weight is 241 g/mol. The third-order valence-electron chi connectivity index (χ3n) is 3.02. The van der Waals surface area contributed by atoms with Crippen LogP contribution in [0, 0.1) is 6.92 Å². The van der Waals surface area contributed by atoms with Crippen molar-refractivity contribution in [1.29, 1.82) is 0 Å². The van der Waals surface area contributed by atoms with Crippen LogP contribution >= 0.6 is 0 Å². The molecule has 1 aromatic heterocycles. The number of hydrogen-bond acceptors (Lipinski definition) is 3. The lowest BCUT2D eigenvalue weighted by Crippen LogP contribution is -2.18. The molecule has 2 N–H and O–H groups in total. The van der Waals surface area contributed by atoms with Gasteiger partial charge in [0.1, 0.15) is 0 Å². The maximum atomic E-state index is 5.78.